The summed E-state index contributed by atoms with van der Waals surface area (Å²) in [4.78, 5) is 38.6. The average Bonchev–Trinajstić information content (AvgIpc) is 3.42. The van der Waals surface area contributed by atoms with Crippen LogP contribution in [0.3, 0.4) is 0 Å². The lowest BCUT2D eigenvalue weighted by molar-refractivity contribution is -0.154. The molecule has 1 aromatic rings. The first-order chi connectivity index (χ1) is 13.7. The maximum atomic E-state index is 12.5. The van der Waals surface area contributed by atoms with Crippen LogP contribution < -0.4 is 4.74 Å². The lowest BCUT2D eigenvalue weighted by Gasteiger charge is -2.06. The van der Waals surface area contributed by atoms with Crippen molar-refractivity contribution in [1.29, 1.82) is 0 Å². The first-order valence-corrected chi connectivity index (χ1v) is 10.4. The van der Waals surface area contributed by atoms with Gasteiger partial charge in [0.25, 0.3) is 5.78 Å². The predicted octanol–water partition coefficient (Wildman–Crippen LogP) is 4.27. The van der Waals surface area contributed by atoms with Gasteiger partial charge in [-0.05, 0) is 25.0 Å². The third kappa shape index (κ3) is 5.57. The van der Waals surface area contributed by atoms with Gasteiger partial charge in [0.05, 0.1) is 12.6 Å². The topological polar surface area (TPSA) is 72.7 Å². The fraction of sp³-hybridized carbons (Fsp3) is 0.591. The van der Waals surface area contributed by atoms with Crippen molar-refractivity contribution < 1.29 is 23.9 Å². The summed E-state index contributed by atoms with van der Waals surface area (Å²) in [6.45, 7) is 0.260. The number of amides is 1. The third-order valence-electron chi connectivity index (χ3n) is 5.44. The Morgan fingerprint density at radius 1 is 0.893 bits per heavy atom. The summed E-state index contributed by atoms with van der Waals surface area (Å²) in [6, 6.07) is 7.72. The molecule has 2 unspecified atom stereocenters. The molecule has 2 aliphatic rings. The van der Waals surface area contributed by atoms with Gasteiger partial charge in [0.1, 0.15) is 11.8 Å². The van der Waals surface area contributed by atoms with Crippen molar-refractivity contribution in [2.24, 2.45) is 0 Å². The fourth-order valence-corrected chi connectivity index (χ4v) is 3.82. The van der Waals surface area contributed by atoms with Crippen LogP contribution in [0.15, 0.2) is 30.3 Å². The molecule has 0 N–H and O–H groups in total. The maximum absolute atomic E-state index is 12.5. The van der Waals surface area contributed by atoms with Crippen LogP contribution in [0.1, 0.15) is 64.2 Å². The molecule has 2 atom stereocenters. The van der Waals surface area contributed by atoms with Gasteiger partial charge in [0, 0.05) is 0 Å². The van der Waals surface area contributed by atoms with Gasteiger partial charge in [0.15, 0.2) is 0 Å². The van der Waals surface area contributed by atoms with Crippen LogP contribution in [0, 0.1) is 0 Å². The summed E-state index contributed by atoms with van der Waals surface area (Å²) in [7, 11) is 0. The van der Waals surface area contributed by atoms with Crippen molar-refractivity contribution in [3.05, 3.63) is 30.3 Å². The number of nitrogens with zero attached hydrogens (tertiary/aromatic N) is 1. The van der Waals surface area contributed by atoms with Gasteiger partial charge in [-0.15, -0.1) is 0 Å². The van der Waals surface area contributed by atoms with Crippen LogP contribution in [0.4, 0.5) is 4.79 Å². The molecule has 0 aromatic heterocycles. The number of rotatable bonds is 1. The van der Waals surface area contributed by atoms with Gasteiger partial charge in [-0.3, -0.25) is 9.69 Å². The molecular formula is C22H29NO5. The van der Waals surface area contributed by atoms with Crippen LogP contribution >= 0.6 is 0 Å². The standard InChI is InChI=1S/C22H29NO5/c24-20-19-18(23(19)22(26)28-17-13-9-8-10-14-17)15-11-6-4-2-1-3-5-7-12-16-27-21(20)25/h8-10,13-14,18-19H,1-7,11-12,15-16H2. The molecule has 6 heteroatoms. The molecule has 0 spiro atoms. The van der Waals surface area contributed by atoms with Crippen molar-refractivity contribution in [2.45, 2.75) is 76.3 Å². The minimum atomic E-state index is -0.836. The van der Waals surface area contributed by atoms with Gasteiger partial charge >= 0.3 is 12.1 Å². The zero-order chi connectivity index (χ0) is 19.8. The van der Waals surface area contributed by atoms with Gasteiger partial charge < -0.3 is 9.47 Å². The van der Waals surface area contributed by atoms with E-state index in [1.165, 1.54) is 30.6 Å². The van der Waals surface area contributed by atoms with Gasteiger partial charge in [-0.25, -0.2) is 9.59 Å². The highest BCUT2D eigenvalue weighted by atomic mass is 16.6. The zero-order valence-electron chi connectivity index (χ0n) is 16.3. The zero-order valence-corrected chi connectivity index (χ0v) is 16.3. The van der Waals surface area contributed by atoms with E-state index in [-0.39, 0.29) is 12.6 Å². The molecule has 6 nitrogen and oxygen atoms in total. The smallest absolute Gasteiger partial charge is 0.416 e. The molecule has 3 rings (SSSR count). The van der Waals surface area contributed by atoms with Crippen molar-refractivity contribution in [2.75, 3.05) is 6.61 Å². The quantitative estimate of drug-likeness (QED) is 0.409. The average molecular weight is 387 g/mol. The highest BCUT2D eigenvalue weighted by molar-refractivity contribution is 6.37. The number of benzene rings is 1. The summed E-state index contributed by atoms with van der Waals surface area (Å²) < 4.78 is 10.5. The molecule has 2 saturated heterocycles. The van der Waals surface area contributed by atoms with Crippen LogP contribution in [0.2, 0.25) is 0 Å². The molecule has 28 heavy (non-hydrogen) atoms. The maximum Gasteiger partial charge on any atom is 0.416 e. The number of fused-ring (bicyclic) bond motifs is 1. The third-order valence-corrected chi connectivity index (χ3v) is 5.44. The van der Waals surface area contributed by atoms with Crippen molar-refractivity contribution in [3.8, 4) is 5.75 Å². The van der Waals surface area contributed by atoms with Crippen LogP contribution in [0.25, 0.3) is 0 Å². The highest BCUT2D eigenvalue weighted by Gasteiger charge is 2.58. The van der Waals surface area contributed by atoms with E-state index in [2.05, 4.69) is 0 Å². The Morgan fingerprint density at radius 2 is 1.50 bits per heavy atom. The van der Waals surface area contributed by atoms with Gasteiger partial charge in [-0.2, -0.15) is 0 Å². The Hall–Kier alpha value is -2.37. The molecule has 2 fully saturated rings. The second-order valence-corrected chi connectivity index (χ2v) is 7.57. The second kappa shape index (κ2) is 10.2. The molecule has 2 aliphatic heterocycles. The number of ketones is 1. The molecule has 0 saturated carbocycles. The summed E-state index contributed by atoms with van der Waals surface area (Å²) in [5, 5.41) is 0. The molecule has 1 amide bonds. The van der Waals surface area contributed by atoms with Gasteiger partial charge in [-0.1, -0.05) is 69.6 Å². The largest absolute Gasteiger partial charge is 0.460 e. The number of hydrogen-bond donors (Lipinski definition) is 0. The first-order valence-electron chi connectivity index (χ1n) is 10.4. The van der Waals surface area contributed by atoms with E-state index in [4.69, 9.17) is 9.47 Å². The van der Waals surface area contributed by atoms with Gasteiger partial charge in [0.2, 0.25) is 0 Å². The molecule has 0 radical (unpaired) electrons. The van der Waals surface area contributed by atoms with Crippen molar-refractivity contribution in [1.82, 2.24) is 4.90 Å². The minimum Gasteiger partial charge on any atom is -0.460 e. The number of ether oxygens (including phenoxy) is 2. The van der Waals surface area contributed by atoms with E-state index in [0.29, 0.717) is 12.2 Å². The van der Waals surface area contributed by atoms with E-state index in [1.54, 1.807) is 24.3 Å². The number of cyclic esters (lactones) is 1. The number of carbonyl (C=O) groups is 3. The monoisotopic (exact) mass is 387 g/mol. The first kappa shape index (κ1) is 20.4. The molecule has 152 valence electrons. The SMILES string of the molecule is O=C1OCCCCCCCCCCCC2C(C1=O)N2C(=O)Oc1ccccc1. The normalized spacial score (nSPS) is 24.8. The minimum absolute atomic E-state index is 0.260. The van der Waals surface area contributed by atoms with E-state index in [0.717, 1.165) is 32.1 Å². The lowest BCUT2D eigenvalue weighted by atomic mass is 10.0. The Balaban J connectivity index is 1.62. The number of esters is 1. The Kier molecular flexibility index (Phi) is 7.46. The second-order valence-electron chi connectivity index (χ2n) is 7.57. The van der Waals surface area contributed by atoms with Crippen LogP contribution in [0.5, 0.6) is 5.75 Å². The van der Waals surface area contributed by atoms with E-state index >= 15 is 0 Å². The summed E-state index contributed by atoms with van der Waals surface area (Å²) in [6.07, 6.45) is 9.86. The number of Topliss-reactive ketones (excluding diaryl/α,β-unsaturated/α-hetero) is 1. The summed E-state index contributed by atoms with van der Waals surface area (Å²) in [5.74, 6) is -1.05. The van der Waals surface area contributed by atoms with E-state index < -0.39 is 23.9 Å². The predicted molar refractivity (Wildman–Crippen MR) is 104 cm³/mol. The number of carbonyl (C=O) groups excluding carboxylic acids is 3. The fourth-order valence-electron chi connectivity index (χ4n) is 3.82. The van der Waals surface area contributed by atoms with Crippen LogP contribution in [-0.2, 0) is 14.3 Å². The molecule has 1 aromatic carbocycles. The summed E-state index contributed by atoms with van der Waals surface area (Å²) in [5.41, 5.74) is 0. The Labute approximate surface area is 166 Å². The van der Waals surface area contributed by atoms with Crippen molar-refractivity contribution in [3.63, 3.8) is 0 Å². The molecule has 0 aliphatic carbocycles. The molecule has 2 heterocycles. The molecule has 0 bridgehead atoms. The Morgan fingerprint density at radius 3 is 2.18 bits per heavy atom. The molecular weight excluding hydrogens is 358 g/mol. The number of para-hydroxylation sites is 1. The lowest BCUT2D eigenvalue weighted by Crippen LogP contribution is -2.28. The highest BCUT2D eigenvalue weighted by Crippen LogP contribution is 2.35. The van der Waals surface area contributed by atoms with E-state index in [9.17, 15) is 14.4 Å². The van der Waals surface area contributed by atoms with E-state index in [1.807, 2.05) is 6.07 Å². The Bertz CT molecular complexity index is 675. The van der Waals surface area contributed by atoms with Crippen molar-refractivity contribution >= 4 is 17.8 Å². The number of hydrogen-bond acceptors (Lipinski definition) is 5. The summed E-state index contributed by atoms with van der Waals surface area (Å²) >= 11 is 0. The van der Waals surface area contributed by atoms with Crippen LogP contribution in [-0.4, -0.2) is 41.4 Å².